The summed E-state index contributed by atoms with van der Waals surface area (Å²) in [7, 11) is 1.54. The van der Waals surface area contributed by atoms with E-state index in [-0.39, 0.29) is 21.2 Å². The maximum absolute atomic E-state index is 12.4. The third kappa shape index (κ3) is 3.83. The van der Waals surface area contributed by atoms with Gasteiger partial charge in [-0.25, -0.2) is 0 Å². The Labute approximate surface area is 161 Å². The van der Waals surface area contributed by atoms with Crippen LogP contribution in [0.25, 0.3) is 10.1 Å². The molecular formula is C17H12ClN3O5S. The smallest absolute Gasteiger partial charge is 0.281 e. The van der Waals surface area contributed by atoms with Crippen LogP contribution in [0.4, 0.5) is 5.69 Å². The lowest BCUT2D eigenvalue weighted by atomic mass is 10.2. The zero-order chi connectivity index (χ0) is 19.6. The first kappa shape index (κ1) is 18.6. The summed E-state index contributed by atoms with van der Waals surface area (Å²) in [6, 6.07) is 10.4. The van der Waals surface area contributed by atoms with E-state index < -0.39 is 16.7 Å². The van der Waals surface area contributed by atoms with E-state index in [2.05, 4.69) is 10.9 Å². The predicted octanol–water partition coefficient (Wildman–Crippen LogP) is 3.55. The van der Waals surface area contributed by atoms with Crippen LogP contribution in [0.15, 0.2) is 42.5 Å². The Morgan fingerprint density at radius 1 is 1.15 bits per heavy atom. The van der Waals surface area contributed by atoms with E-state index in [0.717, 1.165) is 22.1 Å². The molecule has 3 aromatic rings. The number of carbonyl (C=O) groups is 2. The van der Waals surface area contributed by atoms with Gasteiger partial charge in [0.15, 0.2) is 0 Å². The molecule has 2 aromatic carbocycles. The number of hydrogen-bond acceptors (Lipinski definition) is 6. The van der Waals surface area contributed by atoms with Gasteiger partial charge in [0.05, 0.1) is 17.1 Å². The number of halogens is 1. The number of carbonyl (C=O) groups excluding carboxylic acids is 2. The number of hydrogen-bond donors (Lipinski definition) is 2. The third-order valence-corrected chi connectivity index (χ3v) is 5.31. The predicted molar refractivity (Wildman–Crippen MR) is 101 cm³/mol. The second-order valence-electron chi connectivity index (χ2n) is 5.32. The average Bonchev–Trinajstić information content (AvgIpc) is 3.01. The van der Waals surface area contributed by atoms with Crippen molar-refractivity contribution in [1.82, 2.24) is 10.9 Å². The molecule has 0 radical (unpaired) electrons. The zero-order valence-electron chi connectivity index (χ0n) is 13.8. The van der Waals surface area contributed by atoms with Crippen LogP contribution >= 0.6 is 22.9 Å². The van der Waals surface area contributed by atoms with Gasteiger partial charge in [0.1, 0.15) is 10.6 Å². The van der Waals surface area contributed by atoms with Gasteiger partial charge in [-0.1, -0.05) is 17.7 Å². The topological polar surface area (TPSA) is 111 Å². The third-order valence-electron chi connectivity index (χ3n) is 3.65. The minimum Gasteiger partial charge on any atom is -0.497 e. The summed E-state index contributed by atoms with van der Waals surface area (Å²) in [6.45, 7) is 0. The van der Waals surface area contributed by atoms with Crippen molar-refractivity contribution in [2.75, 3.05) is 7.11 Å². The van der Waals surface area contributed by atoms with E-state index in [1.54, 1.807) is 18.2 Å². The van der Waals surface area contributed by atoms with E-state index in [1.165, 1.54) is 25.3 Å². The van der Waals surface area contributed by atoms with Crippen LogP contribution in [0.1, 0.15) is 20.0 Å². The van der Waals surface area contributed by atoms with Crippen LogP contribution in [0, 0.1) is 10.1 Å². The summed E-state index contributed by atoms with van der Waals surface area (Å²) < 4.78 is 5.90. The van der Waals surface area contributed by atoms with Gasteiger partial charge in [-0.05, 0) is 24.3 Å². The molecule has 0 saturated carbocycles. The zero-order valence-corrected chi connectivity index (χ0v) is 15.4. The van der Waals surface area contributed by atoms with Crippen molar-refractivity contribution in [2.45, 2.75) is 0 Å². The number of thiophene rings is 1. The highest BCUT2D eigenvalue weighted by Gasteiger charge is 2.19. The number of methoxy groups -OCH3 is 1. The molecule has 0 saturated heterocycles. The Morgan fingerprint density at radius 3 is 2.59 bits per heavy atom. The summed E-state index contributed by atoms with van der Waals surface area (Å²) in [6.07, 6.45) is 0. The van der Waals surface area contributed by atoms with Crippen molar-refractivity contribution in [3.8, 4) is 5.75 Å². The molecule has 0 unspecified atom stereocenters. The molecule has 8 nitrogen and oxygen atoms in total. The van der Waals surface area contributed by atoms with E-state index in [1.807, 2.05) is 0 Å². The molecule has 0 aliphatic rings. The standard InChI is InChI=1S/C17H12ClN3O5S/c1-26-11-5-6-12-13(8-11)27-15(14(12)18)17(23)20-19-16(22)9-3-2-4-10(7-9)21(24)25/h2-8H,1H3,(H,19,22)(H,20,23). The molecule has 2 amide bonds. The largest absolute Gasteiger partial charge is 0.497 e. The quantitative estimate of drug-likeness (QED) is 0.509. The van der Waals surface area contributed by atoms with E-state index >= 15 is 0 Å². The fraction of sp³-hybridized carbons (Fsp3) is 0.0588. The van der Waals surface area contributed by atoms with E-state index in [4.69, 9.17) is 16.3 Å². The number of benzene rings is 2. The molecular weight excluding hydrogens is 394 g/mol. The molecule has 0 aliphatic heterocycles. The Kier molecular flexibility index (Phi) is 5.24. The average molecular weight is 406 g/mol. The number of nitrogens with one attached hydrogen (secondary N) is 2. The number of hydrazine groups is 1. The minimum atomic E-state index is -0.689. The lowest BCUT2D eigenvalue weighted by Gasteiger charge is -2.06. The van der Waals surface area contributed by atoms with Crippen molar-refractivity contribution in [3.05, 3.63) is 68.0 Å². The van der Waals surface area contributed by atoms with E-state index in [9.17, 15) is 19.7 Å². The molecule has 3 rings (SSSR count). The number of nitro benzene ring substituents is 1. The summed E-state index contributed by atoms with van der Waals surface area (Å²) in [5.41, 5.74) is 4.29. The number of non-ortho nitro benzene ring substituents is 1. The molecule has 1 heterocycles. The van der Waals surface area contributed by atoms with Gasteiger partial charge in [-0.15, -0.1) is 11.3 Å². The molecule has 0 aliphatic carbocycles. The Bertz CT molecular complexity index is 1070. The molecule has 2 N–H and O–H groups in total. The van der Waals surface area contributed by atoms with E-state index in [0.29, 0.717) is 11.1 Å². The molecule has 0 bridgehead atoms. The normalized spacial score (nSPS) is 10.4. The summed E-state index contributed by atoms with van der Waals surface area (Å²) in [5.74, 6) is -0.656. The Morgan fingerprint density at radius 2 is 1.89 bits per heavy atom. The molecule has 0 atom stereocenters. The van der Waals surface area contributed by atoms with Crippen molar-refractivity contribution >= 4 is 50.5 Å². The highest BCUT2D eigenvalue weighted by Crippen LogP contribution is 2.37. The van der Waals surface area contributed by atoms with Crippen molar-refractivity contribution in [2.24, 2.45) is 0 Å². The first-order valence-corrected chi connectivity index (χ1v) is 8.71. The molecule has 27 heavy (non-hydrogen) atoms. The van der Waals surface area contributed by atoms with Crippen molar-refractivity contribution in [3.63, 3.8) is 0 Å². The maximum atomic E-state index is 12.4. The van der Waals surface area contributed by atoms with Gasteiger partial charge < -0.3 is 4.74 Å². The van der Waals surface area contributed by atoms with Gasteiger partial charge >= 0.3 is 0 Å². The Hall–Kier alpha value is -3.17. The van der Waals surface area contributed by atoms with Crippen LogP contribution in [0.2, 0.25) is 5.02 Å². The number of ether oxygens (including phenoxy) is 1. The second kappa shape index (κ2) is 7.60. The van der Waals surface area contributed by atoms with Gasteiger partial charge in [-0.2, -0.15) is 0 Å². The second-order valence-corrected chi connectivity index (χ2v) is 6.75. The molecule has 0 fully saturated rings. The van der Waals surface area contributed by atoms with Crippen LogP contribution in [0.5, 0.6) is 5.75 Å². The van der Waals surface area contributed by atoms with Gasteiger partial charge in [-0.3, -0.25) is 30.6 Å². The maximum Gasteiger partial charge on any atom is 0.281 e. The van der Waals surface area contributed by atoms with Crippen molar-refractivity contribution in [1.29, 1.82) is 0 Å². The fourth-order valence-corrected chi connectivity index (χ4v) is 3.76. The molecule has 138 valence electrons. The number of nitrogens with zero attached hydrogens (tertiary/aromatic N) is 1. The number of amides is 2. The summed E-state index contributed by atoms with van der Waals surface area (Å²) in [5, 5.41) is 11.7. The lowest BCUT2D eigenvalue weighted by molar-refractivity contribution is -0.384. The summed E-state index contributed by atoms with van der Waals surface area (Å²) >= 11 is 7.41. The molecule has 0 spiro atoms. The van der Waals surface area contributed by atoms with Crippen LogP contribution in [0.3, 0.4) is 0 Å². The number of nitro groups is 1. The van der Waals surface area contributed by atoms with Gasteiger partial charge in [0.2, 0.25) is 0 Å². The first-order chi connectivity index (χ1) is 12.9. The highest BCUT2D eigenvalue weighted by molar-refractivity contribution is 7.21. The van der Waals surface area contributed by atoms with Gasteiger partial charge in [0, 0.05) is 27.8 Å². The van der Waals surface area contributed by atoms with Crippen LogP contribution in [-0.4, -0.2) is 23.8 Å². The molecule has 1 aromatic heterocycles. The Balaban J connectivity index is 1.75. The summed E-state index contributed by atoms with van der Waals surface area (Å²) in [4.78, 5) is 34.9. The first-order valence-electron chi connectivity index (χ1n) is 7.52. The SMILES string of the molecule is COc1ccc2c(Cl)c(C(=O)NNC(=O)c3cccc([N+](=O)[O-])c3)sc2c1. The van der Waals surface area contributed by atoms with Crippen molar-refractivity contribution < 1.29 is 19.2 Å². The minimum absolute atomic E-state index is 0.0386. The fourth-order valence-electron chi connectivity index (χ4n) is 2.32. The van der Waals surface area contributed by atoms with Crippen LogP contribution in [-0.2, 0) is 0 Å². The highest BCUT2D eigenvalue weighted by atomic mass is 35.5. The number of rotatable bonds is 4. The molecule has 10 heteroatoms. The van der Waals surface area contributed by atoms with Crippen LogP contribution < -0.4 is 15.6 Å². The van der Waals surface area contributed by atoms with Gasteiger partial charge in [0.25, 0.3) is 17.5 Å². The monoisotopic (exact) mass is 405 g/mol. The lowest BCUT2D eigenvalue weighted by Crippen LogP contribution is -2.41. The number of fused-ring (bicyclic) bond motifs is 1.